The molecule has 1 aromatic carbocycles. The molecule has 0 radical (unpaired) electrons. The van der Waals surface area contributed by atoms with E-state index in [0.717, 1.165) is 11.1 Å². The van der Waals surface area contributed by atoms with Crippen LogP contribution in [0.25, 0.3) is 0 Å². The summed E-state index contributed by atoms with van der Waals surface area (Å²) in [4.78, 5) is 20.4. The number of halogens is 1. The molecule has 0 spiro atoms. The lowest BCUT2D eigenvalue weighted by Crippen LogP contribution is -2.17. The van der Waals surface area contributed by atoms with Gasteiger partial charge >= 0.3 is 0 Å². The molecule has 1 N–H and O–H groups in total. The van der Waals surface area contributed by atoms with E-state index in [1.807, 2.05) is 32.0 Å². The fourth-order valence-corrected chi connectivity index (χ4v) is 2.16. The Kier molecular flexibility index (Phi) is 3.81. The second-order valence-electron chi connectivity index (χ2n) is 4.38. The van der Waals surface area contributed by atoms with Crippen molar-refractivity contribution < 1.29 is 4.79 Å². The summed E-state index contributed by atoms with van der Waals surface area (Å²) in [5, 5.41) is 2.99. The number of aryl methyl sites for hydroxylation is 3. The zero-order chi connectivity index (χ0) is 14.0. The first kappa shape index (κ1) is 13.5. The minimum Gasteiger partial charge on any atom is -0.290 e. The van der Waals surface area contributed by atoms with Gasteiger partial charge in [0, 0.05) is 11.3 Å². The molecule has 0 saturated carbocycles. The third-order valence-corrected chi connectivity index (χ3v) is 2.95. The van der Waals surface area contributed by atoms with Gasteiger partial charge in [0.15, 0.2) is 0 Å². The van der Waals surface area contributed by atoms with Crippen LogP contribution in [0, 0.1) is 20.8 Å². The van der Waals surface area contributed by atoms with Crippen LogP contribution in [0.3, 0.4) is 0 Å². The van der Waals surface area contributed by atoms with Gasteiger partial charge in [-0.05, 0) is 38.0 Å². The zero-order valence-electron chi connectivity index (χ0n) is 11.0. The number of hydrogen-bond donors (Lipinski definition) is 1. The van der Waals surface area contributed by atoms with Gasteiger partial charge in [-0.2, -0.15) is 0 Å². The van der Waals surface area contributed by atoms with Gasteiger partial charge in [0.05, 0.1) is 0 Å². The van der Waals surface area contributed by atoms with E-state index in [1.54, 1.807) is 13.0 Å². The first-order valence-electron chi connectivity index (χ1n) is 5.86. The van der Waals surface area contributed by atoms with Gasteiger partial charge in [-0.15, -0.1) is 0 Å². The first-order valence-corrected chi connectivity index (χ1v) is 6.24. The Morgan fingerprint density at radius 3 is 2.37 bits per heavy atom. The lowest BCUT2D eigenvalue weighted by Gasteiger charge is -2.09. The molecule has 2 aromatic rings. The van der Waals surface area contributed by atoms with Gasteiger partial charge in [-0.3, -0.25) is 10.1 Å². The van der Waals surface area contributed by atoms with E-state index in [9.17, 15) is 4.79 Å². The molecule has 0 aliphatic heterocycles. The summed E-state index contributed by atoms with van der Waals surface area (Å²) in [6, 6.07) is 7.34. The van der Waals surface area contributed by atoms with Crippen molar-refractivity contribution >= 4 is 23.5 Å². The summed E-state index contributed by atoms with van der Waals surface area (Å²) < 4.78 is 0. The molecule has 0 aliphatic carbocycles. The Labute approximate surface area is 116 Å². The first-order chi connectivity index (χ1) is 8.97. The topological polar surface area (TPSA) is 54.9 Å². The van der Waals surface area contributed by atoms with E-state index >= 15 is 0 Å². The maximum Gasteiger partial charge on any atom is 0.258 e. The van der Waals surface area contributed by atoms with Crippen molar-refractivity contribution in [3.8, 4) is 0 Å². The van der Waals surface area contributed by atoms with Gasteiger partial charge in [-0.25, -0.2) is 9.97 Å². The van der Waals surface area contributed by atoms with Gasteiger partial charge in [0.2, 0.25) is 5.95 Å². The highest BCUT2D eigenvalue weighted by Gasteiger charge is 2.13. The standard InChI is InChI=1S/C14H14ClN3O/c1-8-5-4-6-9(2)12(8)13(19)18-14-16-10(3)7-11(15)17-14/h4-7H,1-3H3,(H,16,17,18,19). The molecule has 1 amide bonds. The van der Waals surface area contributed by atoms with Crippen molar-refractivity contribution in [1.82, 2.24) is 9.97 Å². The lowest BCUT2D eigenvalue weighted by atomic mass is 10.0. The molecule has 0 aliphatic rings. The molecule has 0 atom stereocenters. The second-order valence-corrected chi connectivity index (χ2v) is 4.76. The number of rotatable bonds is 2. The zero-order valence-corrected chi connectivity index (χ0v) is 11.7. The number of anilines is 1. The summed E-state index contributed by atoms with van der Waals surface area (Å²) in [7, 11) is 0. The molecule has 1 heterocycles. The highest BCUT2D eigenvalue weighted by Crippen LogP contribution is 2.16. The third-order valence-electron chi connectivity index (χ3n) is 2.76. The Morgan fingerprint density at radius 2 is 1.79 bits per heavy atom. The smallest absolute Gasteiger partial charge is 0.258 e. The average Bonchev–Trinajstić information content (AvgIpc) is 2.26. The van der Waals surface area contributed by atoms with Crippen molar-refractivity contribution in [3.05, 3.63) is 51.8 Å². The molecular weight excluding hydrogens is 262 g/mol. The quantitative estimate of drug-likeness (QED) is 0.856. The monoisotopic (exact) mass is 275 g/mol. The summed E-state index contributed by atoms with van der Waals surface area (Å²) >= 11 is 5.84. The van der Waals surface area contributed by atoms with Crippen LogP contribution < -0.4 is 5.32 Å². The van der Waals surface area contributed by atoms with Crippen molar-refractivity contribution in [2.45, 2.75) is 20.8 Å². The highest BCUT2D eigenvalue weighted by atomic mass is 35.5. The van der Waals surface area contributed by atoms with E-state index in [1.165, 1.54) is 0 Å². The highest BCUT2D eigenvalue weighted by molar-refractivity contribution is 6.29. The fraction of sp³-hybridized carbons (Fsp3) is 0.214. The molecule has 0 bridgehead atoms. The number of amides is 1. The Balaban J connectivity index is 2.31. The number of benzene rings is 1. The molecule has 0 fully saturated rings. The van der Waals surface area contributed by atoms with Gasteiger partial charge in [0.25, 0.3) is 5.91 Å². The van der Waals surface area contributed by atoms with E-state index < -0.39 is 0 Å². The number of aromatic nitrogens is 2. The number of nitrogens with one attached hydrogen (secondary N) is 1. The average molecular weight is 276 g/mol. The van der Waals surface area contributed by atoms with E-state index in [0.29, 0.717) is 16.4 Å². The summed E-state index contributed by atoms with van der Waals surface area (Å²) in [5.41, 5.74) is 3.17. The molecule has 1 aromatic heterocycles. The minimum atomic E-state index is -0.225. The third kappa shape index (κ3) is 3.09. The normalized spacial score (nSPS) is 10.3. The van der Waals surface area contributed by atoms with Crippen LogP contribution in [-0.4, -0.2) is 15.9 Å². The largest absolute Gasteiger partial charge is 0.290 e. The lowest BCUT2D eigenvalue weighted by molar-refractivity contribution is 0.102. The van der Waals surface area contributed by atoms with Gasteiger partial charge < -0.3 is 0 Å². The van der Waals surface area contributed by atoms with Gasteiger partial charge in [-0.1, -0.05) is 29.8 Å². The Hall–Kier alpha value is -1.94. The molecule has 0 saturated heterocycles. The molecular formula is C14H14ClN3O. The molecule has 19 heavy (non-hydrogen) atoms. The Bertz CT molecular complexity index is 600. The minimum absolute atomic E-state index is 0.220. The SMILES string of the molecule is Cc1cc(Cl)nc(NC(=O)c2c(C)cccc2C)n1. The van der Waals surface area contributed by atoms with Crippen molar-refractivity contribution in [2.75, 3.05) is 5.32 Å². The van der Waals surface area contributed by atoms with Crippen LogP contribution in [0.15, 0.2) is 24.3 Å². The molecule has 5 heteroatoms. The fourth-order valence-electron chi connectivity index (χ4n) is 1.92. The molecule has 0 unspecified atom stereocenters. The van der Waals surface area contributed by atoms with E-state index in [4.69, 9.17) is 11.6 Å². The van der Waals surface area contributed by atoms with E-state index in [2.05, 4.69) is 15.3 Å². The second kappa shape index (κ2) is 5.36. The summed E-state index contributed by atoms with van der Waals surface area (Å²) in [6.45, 7) is 5.58. The van der Waals surface area contributed by atoms with Gasteiger partial charge in [0.1, 0.15) is 5.15 Å². The molecule has 98 valence electrons. The molecule has 2 rings (SSSR count). The van der Waals surface area contributed by atoms with Crippen LogP contribution in [0.5, 0.6) is 0 Å². The number of carbonyl (C=O) groups is 1. The van der Waals surface area contributed by atoms with Crippen molar-refractivity contribution in [2.24, 2.45) is 0 Å². The maximum atomic E-state index is 12.2. The number of nitrogens with zero attached hydrogens (tertiary/aromatic N) is 2. The van der Waals surface area contributed by atoms with Crippen LogP contribution in [-0.2, 0) is 0 Å². The Morgan fingerprint density at radius 1 is 1.16 bits per heavy atom. The predicted molar refractivity (Wildman–Crippen MR) is 75.6 cm³/mol. The predicted octanol–water partition coefficient (Wildman–Crippen LogP) is 3.31. The van der Waals surface area contributed by atoms with Crippen molar-refractivity contribution in [1.29, 1.82) is 0 Å². The van der Waals surface area contributed by atoms with Crippen molar-refractivity contribution in [3.63, 3.8) is 0 Å². The molecule has 4 nitrogen and oxygen atoms in total. The summed E-state index contributed by atoms with van der Waals surface area (Å²) in [5.74, 6) is -0.00470. The van der Waals surface area contributed by atoms with Crippen LogP contribution >= 0.6 is 11.6 Å². The van der Waals surface area contributed by atoms with Crippen LogP contribution in [0.2, 0.25) is 5.15 Å². The summed E-state index contributed by atoms with van der Waals surface area (Å²) in [6.07, 6.45) is 0. The number of carbonyl (C=O) groups excluding carboxylic acids is 1. The van der Waals surface area contributed by atoms with E-state index in [-0.39, 0.29) is 11.9 Å². The maximum absolute atomic E-state index is 12.2. The van der Waals surface area contributed by atoms with Crippen LogP contribution in [0.1, 0.15) is 27.2 Å². The van der Waals surface area contributed by atoms with Crippen LogP contribution in [0.4, 0.5) is 5.95 Å². The number of hydrogen-bond acceptors (Lipinski definition) is 3.